The van der Waals surface area contributed by atoms with Crippen LogP contribution >= 0.6 is 0 Å². The molecule has 1 heterocycles. The third-order valence-electron chi connectivity index (χ3n) is 10.5. The average Bonchev–Trinajstić information content (AvgIpc) is 3.79. The van der Waals surface area contributed by atoms with Crippen LogP contribution in [0.4, 0.5) is 17.1 Å². The van der Waals surface area contributed by atoms with E-state index in [2.05, 4.69) is 42.5 Å². The lowest BCUT2D eigenvalue weighted by atomic mass is 9.98. The molecule has 0 aliphatic rings. The van der Waals surface area contributed by atoms with Crippen molar-refractivity contribution in [2.45, 2.75) is 0 Å². The van der Waals surface area contributed by atoms with E-state index in [1.165, 1.54) is 0 Å². The minimum atomic E-state index is -0.781. The molecule has 0 atom stereocenters. The Balaban J connectivity index is 1.08. The van der Waals surface area contributed by atoms with E-state index < -0.39 is 101 Å². The van der Waals surface area contributed by atoms with E-state index >= 15 is 0 Å². The van der Waals surface area contributed by atoms with Gasteiger partial charge in [0.15, 0.2) is 0 Å². The SMILES string of the molecule is [2H]c1c([2H])c([2H])c(-c2c([2H])c([2H])c(-c3c([2H])c([2H])c(N(c4ccc(-c5ccc(-c6ccc7ccccc7c6)cc5)cc4)c4cccc5oc6c7ccccc7ccc6c45)c([2H])c3[2H])c([2H])c2[2H])c([2H])c1[2H]. The molecule has 272 valence electrons. The van der Waals surface area contributed by atoms with Gasteiger partial charge in [0, 0.05) is 22.1 Å². The summed E-state index contributed by atoms with van der Waals surface area (Å²) >= 11 is 0. The zero-order valence-corrected chi connectivity index (χ0v) is 30.7. The predicted molar refractivity (Wildman–Crippen MR) is 245 cm³/mol. The summed E-state index contributed by atoms with van der Waals surface area (Å²) in [6.07, 6.45) is 0. The summed E-state index contributed by atoms with van der Waals surface area (Å²) in [6, 6.07) is 38.4. The highest BCUT2D eigenvalue weighted by Crippen LogP contribution is 2.45. The van der Waals surface area contributed by atoms with Crippen LogP contribution in [0.15, 0.2) is 229 Å². The molecule has 0 amide bonds. The zero-order valence-electron chi connectivity index (χ0n) is 43.7. The second-order valence-electron chi connectivity index (χ2n) is 13.9. The number of furan rings is 1. The van der Waals surface area contributed by atoms with Crippen molar-refractivity contribution in [3.8, 4) is 44.5 Å². The molecule has 0 saturated carbocycles. The van der Waals surface area contributed by atoms with Crippen molar-refractivity contribution in [1.29, 1.82) is 0 Å². The highest BCUT2D eigenvalue weighted by Gasteiger charge is 2.20. The molecular formula is C56H37NO. The third kappa shape index (κ3) is 6.00. The average molecular weight is 753 g/mol. The summed E-state index contributed by atoms with van der Waals surface area (Å²) in [5.41, 5.74) is 3.74. The topological polar surface area (TPSA) is 16.4 Å². The quantitative estimate of drug-likeness (QED) is 0.161. The summed E-state index contributed by atoms with van der Waals surface area (Å²) in [5.74, 6) is 0. The maximum Gasteiger partial charge on any atom is 0.143 e. The lowest BCUT2D eigenvalue weighted by Gasteiger charge is -2.26. The van der Waals surface area contributed by atoms with E-state index in [0.29, 0.717) is 27.9 Å². The van der Waals surface area contributed by atoms with Gasteiger partial charge in [-0.15, -0.1) is 0 Å². The van der Waals surface area contributed by atoms with Crippen LogP contribution in [-0.4, -0.2) is 0 Å². The van der Waals surface area contributed by atoms with Crippen molar-refractivity contribution in [2.75, 3.05) is 4.90 Å². The molecule has 0 aliphatic heterocycles. The minimum Gasteiger partial charge on any atom is -0.455 e. The summed E-state index contributed by atoms with van der Waals surface area (Å²) in [7, 11) is 0. The first-order valence-electron chi connectivity index (χ1n) is 25.3. The van der Waals surface area contributed by atoms with Gasteiger partial charge in [-0.25, -0.2) is 0 Å². The Morgan fingerprint density at radius 3 is 1.62 bits per heavy atom. The molecule has 0 aliphatic carbocycles. The first kappa shape index (κ1) is 22.8. The van der Waals surface area contributed by atoms with E-state index in [0.717, 1.165) is 49.2 Å². The van der Waals surface area contributed by atoms with Gasteiger partial charge >= 0.3 is 0 Å². The maximum absolute atomic E-state index is 9.67. The number of benzene rings is 10. The van der Waals surface area contributed by atoms with Crippen molar-refractivity contribution in [1.82, 2.24) is 0 Å². The van der Waals surface area contributed by atoms with Crippen molar-refractivity contribution >= 4 is 60.5 Å². The number of rotatable bonds is 7. The number of anilines is 3. The zero-order chi connectivity index (χ0) is 49.7. The van der Waals surface area contributed by atoms with Gasteiger partial charge in [-0.1, -0.05) is 176 Å². The molecule has 0 N–H and O–H groups in total. The molecular weight excluding hydrogens is 703 g/mol. The van der Waals surface area contributed by atoms with Gasteiger partial charge in [-0.2, -0.15) is 0 Å². The molecule has 0 fully saturated rings. The fourth-order valence-electron chi connectivity index (χ4n) is 7.62. The minimum absolute atomic E-state index is 0.162. The van der Waals surface area contributed by atoms with Crippen LogP contribution in [0.3, 0.4) is 0 Å². The molecule has 1 aromatic heterocycles. The van der Waals surface area contributed by atoms with Crippen LogP contribution < -0.4 is 4.90 Å². The number of nitrogens with zero attached hydrogens (tertiary/aromatic N) is 1. The van der Waals surface area contributed by atoms with Gasteiger partial charge in [0.2, 0.25) is 0 Å². The molecule has 0 unspecified atom stereocenters. The first-order valence-corrected chi connectivity index (χ1v) is 18.8. The van der Waals surface area contributed by atoms with Crippen molar-refractivity contribution in [3.05, 3.63) is 224 Å². The second-order valence-corrected chi connectivity index (χ2v) is 13.9. The Kier molecular flexibility index (Phi) is 5.54. The maximum atomic E-state index is 9.67. The molecule has 2 heteroatoms. The largest absolute Gasteiger partial charge is 0.455 e. The Bertz CT molecular complexity index is 3950. The van der Waals surface area contributed by atoms with Crippen LogP contribution in [0.1, 0.15) is 17.8 Å². The molecule has 2 nitrogen and oxygen atoms in total. The van der Waals surface area contributed by atoms with E-state index in [-0.39, 0.29) is 5.69 Å². The van der Waals surface area contributed by atoms with Crippen molar-refractivity contribution in [3.63, 3.8) is 0 Å². The van der Waals surface area contributed by atoms with Gasteiger partial charge in [0.05, 0.1) is 28.9 Å². The molecule has 0 saturated heterocycles. The highest BCUT2D eigenvalue weighted by atomic mass is 16.3. The Morgan fingerprint density at radius 2 is 0.914 bits per heavy atom. The van der Waals surface area contributed by atoms with Crippen LogP contribution in [0.5, 0.6) is 0 Å². The predicted octanol–water partition coefficient (Wildman–Crippen LogP) is 16.0. The standard InChI is InChI=1S/C56H37NO/c1-2-9-38(10-3-1)40-17-19-41(20-18-40)43-27-32-49(33-28-43)57(53-15-8-16-54-55(53)52-36-31-46-12-6-7-14-51(46)56(52)58-54)50-34-29-44(30-35-50)42-21-23-45(24-22-42)48-26-25-39-11-4-5-13-47(39)37-48/h1-37H/i1D,2D,3D,9D,10D,17D,18D,19D,20D,27D,28D,32D,33D. The molecule has 10 aromatic carbocycles. The fourth-order valence-corrected chi connectivity index (χ4v) is 7.62. The van der Waals surface area contributed by atoms with E-state index in [1.54, 1.807) is 11.0 Å². The molecule has 11 aromatic rings. The summed E-state index contributed by atoms with van der Waals surface area (Å²) < 4.78 is 123. The normalized spacial score (nSPS) is 14.6. The lowest BCUT2D eigenvalue weighted by Crippen LogP contribution is -2.10. The molecule has 11 rings (SSSR count). The first-order chi connectivity index (χ1) is 34.2. The number of hydrogen-bond donors (Lipinski definition) is 0. The summed E-state index contributed by atoms with van der Waals surface area (Å²) in [6.45, 7) is 0. The van der Waals surface area contributed by atoms with E-state index in [4.69, 9.17) is 16.8 Å². The van der Waals surface area contributed by atoms with Crippen LogP contribution in [0.25, 0.3) is 88.0 Å². The Labute approximate surface area is 355 Å². The van der Waals surface area contributed by atoms with Gasteiger partial charge in [-0.3, -0.25) is 0 Å². The number of fused-ring (bicyclic) bond motifs is 6. The van der Waals surface area contributed by atoms with Crippen LogP contribution in [0, 0.1) is 0 Å². The van der Waals surface area contributed by atoms with E-state index in [1.807, 2.05) is 97.1 Å². The van der Waals surface area contributed by atoms with Gasteiger partial charge in [0.25, 0.3) is 0 Å². The third-order valence-corrected chi connectivity index (χ3v) is 10.5. The molecule has 0 bridgehead atoms. The molecule has 0 radical (unpaired) electrons. The Morgan fingerprint density at radius 1 is 0.362 bits per heavy atom. The van der Waals surface area contributed by atoms with Crippen LogP contribution in [0.2, 0.25) is 0 Å². The smallest absolute Gasteiger partial charge is 0.143 e. The number of hydrogen-bond acceptors (Lipinski definition) is 2. The van der Waals surface area contributed by atoms with Crippen molar-refractivity contribution in [2.24, 2.45) is 0 Å². The summed E-state index contributed by atoms with van der Waals surface area (Å²) in [5, 5.41) is 5.54. The lowest BCUT2D eigenvalue weighted by molar-refractivity contribution is 0.672. The van der Waals surface area contributed by atoms with Crippen molar-refractivity contribution < 1.29 is 22.2 Å². The van der Waals surface area contributed by atoms with Gasteiger partial charge in [-0.05, 0) is 109 Å². The van der Waals surface area contributed by atoms with E-state index in [9.17, 15) is 5.48 Å². The van der Waals surface area contributed by atoms with Crippen LogP contribution in [-0.2, 0) is 0 Å². The molecule has 0 spiro atoms. The second kappa shape index (κ2) is 14.1. The Hall–Kier alpha value is -7.68. The summed E-state index contributed by atoms with van der Waals surface area (Å²) in [4.78, 5) is 1.64. The highest BCUT2D eigenvalue weighted by molar-refractivity contribution is 6.19. The van der Waals surface area contributed by atoms with Gasteiger partial charge in [0.1, 0.15) is 11.2 Å². The molecule has 58 heavy (non-hydrogen) atoms. The van der Waals surface area contributed by atoms with Gasteiger partial charge < -0.3 is 9.32 Å². The monoisotopic (exact) mass is 752 g/mol. The fraction of sp³-hybridized carbons (Fsp3) is 0.